The van der Waals surface area contributed by atoms with E-state index in [2.05, 4.69) is 0 Å². The lowest BCUT2D eigenvalue weighted by Crippen LogP contribution is -2.01. The first-order valence-electron chi connectivity index (χ1n) is 4.88. The molecule has 2 N–H and O–H groups in total. The van der Waals surface area contributed by atoms with E-state index >= 15 is 0 Å². The molecular weight excluding hydrogens is 245 g/mol. The summed E-state index contributed by atoms with van der Waals surface area (Å²) in [4.78, 5) is 2.10. The molecule has 1 atom stereocenters. The second-order valence-electron chi connectivity index (χ2n) is 3.61. The van der Waals surface area contributed by atoms with Gasteiger partial charge in [-0.3, -0.25) is 0 Å². The van der Waals surface area contributed by atoms with E-state index in [9.17, 15) is 4.39 Å². The molecule has 1 unspecified atom stereocenters. The molecule has 0 bridgehead atoms. The van der Waals surface area contributed by atoms with Gasteiger partial charge < -0.3 is 5.73 Å². The molecule has 1 aromatic carbocycles. The summed E-state index contributed by atoms with van der Waals surface area (Å²) >= 11 is 7.57. The van der Waals surface area contributed by atoms with Crippen molar-refractivity contribution in [2.45, 2.75) is 13.0 Å². The van der Waals surface area contributed by atoms with Crippen molar-refractivity contribution in [3.05, 3.63) is 46.0 Å². The van der Waals surface area contributed by atoms with Gasteiger partial charge in [-0.05, 0) is 37.3 Å². The molecule has 0 spiro atoms. The second kappa shape index (κ2) is 4.53. The number of rotatable bonds is 2. The highest BCUT2D eigenvalue weighted by molar-refractivity contribution is 7.15. The van der Waals surface area contributed by atoms with Crippen LogP contribution in [0.15, 0.2) is 30.3 Å². The summed E-state index contributed by atoms with van der Waals surface area (Å²) in [5, 5.41) is 0.429. The van der Waals surface area contributed by atoms with Crippen molar-refractivity contribution >= 4 is 22.9 Å². The van der Waals surface area contributed by atoms with Crippen LogP contribution in [0, 0.1) is 5.82 Å². The molecule has 2 rings (SSSR count). The molecule has 84 valence electrons. The van der Waals surface area contributed by atoms with Crippen molar-refractivity contribution in [1.82, 2.24) is 0 Å². The third kappa shape index (κ3) is 2.26. The lowest BCUT2D eigenvalue weighted by Gasteiger charge is -2.02. The van der Waals surface area contributed by atoms with E-state index < -0.39 is 0 Å². The van der Waals surface area contributed by atoms with Gasteiger partial charge in [-0.2, -0.15) is 0 Å². The minimum atomic E-state index is -0.322. The summed E-state index contributed by atoms with van der Waals surface area (Å²) in [6.45, 7) is 1.93. The SMILES string of the molecule is CC(N)c1ccc(-c2ccc(F)cc2Cl)s1. The van der Waals surface area contributed by atoms with Crippen LogP contribution in [-0.2, 0) is 0 Å². The molecule has 1 heterocycles. The minimum Gasteiger partial charge on any atom is -0.324 e. The van der Waals surface area contributed by atoms with Crippen molar-refractivity contribution in [3.8, 4) is 10.4 Å². The molecule has 0 aliphatic carbocycles. The average molecular weight is 256 g/mol. The maximum Gasteiger partial charge on any atom is 0.124 e. The Morgan fingerprint density at radius 1 is 1.31 bits per heavy atom. The van der Waals surface area contributed by atoms with E-state index in [0.29, 0.717) is 5.02 Å². The topological polar surface area (TPSA) is 26.0 Å². The third-order valence-corrected chi connectivity index (χ3v) is 3.90. The Balaban J connectivity index is 2.42. The number of benzene rings is 1. The summed E-state index contributed by atoms with van der Waals surface area (Å²) in [7, 11) is 0. The number of halogens is 2. The van der Waals surface area contributed by atoms with E-state index in [0.717, 1.165) is 15.3 Å². The number of hydrogen-bond donors (Lipinski definition) is 1. The van der Waals surface area contributed by atoms with Gasteiger partial charge in [0.1, 0.15) is 5.82 Å². The zero-order valence-electron chi connectivity index (χ0n) is 8.71. The van der Waals surface area contributed by atoms with Crippen LogP contribution in [0.4, 0.5) is 4.39 Å². The van der Waals surface area contributed by atoms with Gasteiger partial charge >= 0.3 is 0 Å². The summed E-state index contributed by atoms with van der Waals surface area (Å²) in [5.41, 5.74) is 6.63. The molecular formula is C12H11ClFNS. The van der Waals surface area contributed by atoms with Crippen LogP contribution < -0.4 is 5.73 Å². The third-order valence-electron chi connectivity index (χ3n) is 2.27. The summed E-state index contributed by atoms with van der Waals surface area (Å²) < 4.78 is 12.9. The van der Waals surface area contributed by atoms with Gasteiger partial charge in [0, 0.05) is 21.4 Å². The number of thiophene rings is 1. The van der Waals surface area contributed by atoms with E-state index in [4.69, 9.17) is 17.3 Å². The van der Waals surface area contributed by atoms with Gasteiger partial charge in [-0.25, -0.2) is 4.39 Å². The van der Waals surface area contributed by atoms with E-state index in [1.807, 2.05) is 19.1 Å². The molecule has 1 nitrogen and oxygen atoms in total. The molecule has 4 heteroatoms. The van der Waals surface area contributed by atoms with Crippen molar-refractivity contribution in [2.75, 3.05) is 0 Å². The van der Waals surface area contributed by atoms with Gasteiger partial charge in [-0.15, -0.1) is 11.3 Å². The van der Waals surface area contributed by atoms with Gasteiger partial charge in [-0.1, -0.05) is 11.6 Å². The van der Waals surface area contributed by atoms with Gasteiger partial charge in [0.2, 0.25) is 0 Å². The van der Waals surface area contributed by atoms with Crippen LogP contribution in [0.3, 0.4) is 0 Å². The van der Waals surface area contributed by atoms with Gasteiger partial charge in [0.25, 0.3) is 0 Å². The molecule has 0 aliphatic heterocycles. The summed E-state index contributed by atoms with van der Waals surface area (Å²) in [6.07, 6.45) is 0. The number of nitrogens with two attached hydrogens (primary N) is 1. The highest BCUT2D eigenvalue weighted by Gasteiger charge is 2.09. The Kier molecular flexibility index (Phi) is 3.28. The predicted molar refractivity (Wildman–Crippen MR) is 67.3 cm³/mol. The first-order chi connectivity index (χ1) is 7.58. The quantitative estimate of drug-likeness (QED) is 0.854. The lowest BCUT2D eigenvalue weighted by atomic mass is 10.2. The molecule has 0 aliphatic rings. The maximum atomic E-state index is 12.9. The Morgan fingerprint density at radius 3 is 2.62 bits per heavy atom. The molecule has 0 fully saturated rings. The molecule has 16 heavy (non-hydrogen) atoms. The van der Waals surface area contributed by atoms with Crippen LogP contribution in [0.1, 0.15) is 17.8 Å². The fourth-order valence-electron chi connectivity index (χ4n) is 1.43. The molecule has 0 radical (unpaired) electrons. The molecule has 0 amide bonds. The van der Waals surface area contributed by atoms with Crippen molar-refractivity contribution < 1.29 is 4.39 Å². The predicted octanol–water partition coefficient (Wildman–Crippen LogP) is 4.23. The van der Waals surface area contributed by atoms with E-state index in [1.54, 1.807) is 17.4 Å². The van der Waals surface area contributed by atoms with Crippen LogP contribution in [-0.4, -0.2) is 0 Å². The fourth-order valence-corrected chi connectivity index (χ4v) is 2.76. The smallest absolute Gasteiger partial charge is 0.124 e. The Morgan fingerprint density at radius 2 is 2.06 bits per heavy atom. The monoisotopic (exact) mass is 255 g/mol. The zero-order chi connectivity index (χ0) is 11.7. The minimum absolute atomic E-state index is 0.0120. The van der Waals surface area contributed by atoms with E-state index in [-0.39, 0.29) is 11.9 Å². The Bertz CT molecular complexity index is 507. The van der Waals surface area contributed by atoms with Crippen molar-refractivity contribution in [3.63, 3.8) is 0 Å². The molecule has 0 saturated heterocycles. The fraction of sp³-hybridized carbons (Fsp3) is 0.167. The van der Waals surface area contributed by atoms with Crippen LogP contribution in [0.2, 0.25) is 5.02 Å². The summed E-state index contributed by atoms with van der Waals surface area (Å²) in [6, 6.07) is 8.37. The molecule has 2 aromatic rings. The van der Waals surface area contributed by atoms with Crippen molar-refractivity contribution in [2.24, 2.45) is 5.73 Å². The second-order valence-corrected chi connectivity index (χ2v) is 5.14. The maximum absolute atomic E-state index is 12.9. The molecule has 0 saturated carbocycles. The Labute approximate surface area is 103 Å². The summed E-state index contributed by atoms with van der Waals surface area (Å²) in [5.74, 6) is -0.322. The van der Waals surface area contributed by atoms with Crippen LogP contribution >= 0.6 is 22.9 Å². The first-order valence-corrected chi connectivity index (χ1v) is 6.08. The molecule has 1 aromatic heterocycles. The van der Waals surface area contributed by atoms with Gasteiger partial charge in [0.05, 0.1) is 5.02 Å². The largest absolute Gasteiger partial charge is 0.324 e. The average Bonchev–Trinajstić information content (AvgIpc) is 2.66. The number of hydrogen-bond acceptors (Lipinski definition) is 2. The van der Waals surface area contributed by atoms with Crippen molar-refractivity contribution in [1.29, 1.82) is 0 Å². The van der Waals surface area contributed by atoms with Gasteiger partial charge in [0.15, 0.2) is 0 Å². The first kappa shape index (κ1) is 11.6. The highest BCUT2D eigenvalue weighted by Crippen LogP contribution is 2.35. The highest BCUT2D eigenvalue weighted by atomic mass is 35.5. The van der Waals surface area contributed by atoms with Crippen LogP contribution in [0.5, 0.6) is 0 Å². The lowest BCUT2D eigenvalue weighted by molar-refractivity contribution is 0.628. The van der Waals surface area contributed by atoms with E-state index in [1.165, 1.54) is 12.1 Å². The normalized spacial score (nSPS) is 12.8. The standard InChI is InChI=1S/C12H11ClFNS/c1-7(15)11-4-5-12(16-11)9-3-2-8(14)6-10(9)13/h2-7H,15H2,1H3. The van der Waals surface area contributed by atoms with Crippen LogP contribution in [0.25, 0.3) is 10.4 Å². The Hall–Kier alpha value is -0.900. The zero-order valence-corrected chi connectivity index (χ0v) is 10.3.